The summed E-state index contributed by atoms with van der Waals surface area (Å²) in [4.78, 5) is 48.0. The van der Waals surface area contributed by atoms with Gasteiger partial charge >= 0.3 is 6.09 Å². The number of thioether (sulfide) groups is 1. The van der Waals surface area contributed by atoms with E-state index in [1.54, 1.807) is 17.5 Å². The van der Waals surface area contributed by atoms with Crippen LogP contribution in [0, 0.1) is 0 Å². The molecule has 62 heavy (non-hydrogen) atoms. The normalized spacial score (nSPS) is 15.8. The Morgan fingerprint density at radius 1 is 0.823 bits per heavy atom. The lowest BCUT2D eigenvalue weighted by atomic mass is 9.84. The predicted octanol–water partition coefficient (Wildman–Crippen LogP) is 10.8. The summed E-state index contributed by atoms with van der Waals surface area (Å²) in [6.45, 7) is 8.55. The Bertz CT molecular complexity index is 2280. The van der Waals surface area contributed by atoms with Crippen LogP contribution in [0.1, 0.15) is 83.7 Å². The molecule has 0 spiro atoms. The monoisotopic (exact) mass is 864 g/mol. The molecule has 7 rings (SSSR count). The van der Waals surface area contributed by atoms with Crippen LogP contribution in [0.5, 0.6) is 0 Å². The lowest BCUT2D eigenvalue weighted by Crippen LogP contribution is -2.43. The van der Waals surface area contributed by atoms with Gasteiger partial charge in [0.05, 0.1) is 21.8 Å². The predicted molar refractivity (Wildman–Crippen MR) is 253 cm³/mol. The molecule has 0 aliphatic carbocycles. The molecule has 1 aliphatic rings. The van der Waals surface area contributed by atoms with Crippen molar-refractivity contribution in [2.24, 2.45) is 0 Å². The van der Waals surface area contributed by atoms with Gasteiger partial charge in [-0.3, -0.25) is 9.59 Å². The van der Waals surface area contributed by atoms with Gasteiger partial charge in [0.2, 0.25) is 0 Å². The van der Waals surface area contributed by atoms with E-state index in [0.717, 1.165) is 21.8 Å². The average Bonchev–Trinajstić information content (AvgIpc) is 3.97. The van der Waals surface area contributed by atoms with Crippen molar-refractivity contribution in [2.75, 3.05) is 18.4 Å². The maximum atomic E-state index is 14.2. The van der Waals surface area contributed by atoms with E-state index >= 15 is 0 Å². The number of hydrogen-bond acceptors (Lipinski definition) is 8. The second-order valence-electron chi connectivity index (χ2n) is 16.8. The molecule has 8 nitrogen and oxygen atoms in total. The first-order valence-electron chi connectivity index (χ1n) is 21.5. The van der Waals surface area contributed by atoms with Crippen LogP contribution in [0.3, 0.4) is 0 Å². The molecule has 10 heteroatoms. The lowest BCUT2D eigenvalue weighted by Gasteiger charge is -2.37. The highest BCUT2D eigenvalue weighted by Crippen LogP contribution is 2.52. The smallest absolute Gasteiger partial charge is 0.410 e. The van der Waals surface area contributed by atoms with Crippen molar-refractivity contribution in [3.8, 4) is 0 Å². The van der Waals surface area contributed by atoms with E-state index in [1.807, 2.05) is 116 Å². The summed E-state index contributed by atoms with van der Waals surface area (Å²) in [7, 11) is 0. The number of aryl methyl sites for hydroxylation is 2. The van der Waals surface area contributed by atoms with Gasteiger partial charge in [-0.25, -0.2) is 9.78 Å². The van der Waals surface area contributed by atoms with Gasteiger partial charge in [-0.05, 0) is 80.0 Å². The summed E-state index contributed by atoms with van der Waals surface area (Å²) in [5, 5.41) is 9.68. The van der Waals surface area contributed by atoms with E-state index in [0.29, 0.717) is 44.3 Å². The number of benzene rings is 5. The van der Waals surface area contributed by atoms with Gasteiger partial charge in [0, 0.05) is 54.0 Å². The third-order valence-electron chi connectivity index (χ3n) is 11.2. The Morgan fingerprint density at radius 2 is 1.42 bits per heavy atom. The quantitative estimate of drug-likeness (QED) is 0.0881. The van der Waals surface area contributed by atoms with Crippen LogP contribution in [0.15, 0.2) is 151 Å². The maximum Gasteiger partial charge on any atom is 0.410 e. The fourth-order valence-corrected chi connectivity index (χ4v) is 10.7. The zero-order valence-electron chi connectivity index (χ0n) is 36.0. The van der Waals surface area contributed by atoms with Gasteiger partial charge < -0.3 is 20.3 Å². The first-order chi connectivity index (χ1) is 30.0. The molecule has 3 atom stereocenters. The summed E-state index contributed by atoms with van der Waals surface area (Å²) in [5.41, 5.74) is 5.89. The minimum Gasteiger partial charge on any atom is -0.444 e. The van der Waals surface area contributed by atoms with Gasteiger partial charge in [-0.1, -0.05) is 134 Å². The lowest BCUT2D eigenvalue weighted by molar-refractivity contribution is -0.120. The van der Waals surface area contributed by atoms with Gasteiger partial charge in [-0.15, -0.1) is 23.1 Å². The Morgan fingerprint density at radius 3 is 1.97 bits per heavy atom. The molecule has 1 saturated heterocycles. The molecule has 0 radical (unpaired) electrons. The number of likely N-dealkylation sites (tertiary alicyclic amines) is 1. The molecule has 1 fully saturated rings. The van der Waals surface area contributed by atoms with Crippen LogP contribution in [0.25, 0.3) is 0 Å². The van der Waals surface area contributed by atoms with Crippen molar-refractivity contribution < 1.29 is 19.1 Å². The van der Waals surface area contributed by atoms with Crippen LogP contribution in [0.2, 0.25) is 0 Å². The molecule has 1 aliphatic heterocycles. The summed E-state index contributed by atoms with van der Waals surface area (Å²) < 4.78 is 5.48. The molecule has 1 aromatic heterocycles. The molecule has 2 N–H and O–H groups in total. The molecule has 0 unspecified atom stereocenters. The van der Waals surface area contributed by atoms with Crippen LogP contribution < -0.4 is 10.6 Å². The van der Waals surface area contributed by atoms with E-state index in [4.69, 9.17) is 4.74 Å². The second-order valence-corrected chi connectivity index (χ2v) is 19.3. The molecular weight excluding hydrogens is 809 g/mol. The highest BCUT2D eigenvalue weighted by Gasteiger charge is 2.45. The molecule has 2 amide bonds. The molecule has 6 aromatic rings. The van der Waals surface area contributed by atoms with Crippen LogP contribution in [-0.4, -0.2) is 63.7 Å². The minimum atomic E-state index is -0.669. The highest BCUT2D eigenvalue weighted by atomic mass is 32.2. The fourth-order valence-electron chi connectivity index (χ4n) is 8.21. The van der Waals surface area contributed by atoms with Crippen molar-refractivity contribution in [1.29, 1.82) is 0 Å². The standard InChI is InChI=1S/C52H56N4O4S2/c1-5-46(47(57)32-37-18-10-6-11-19-37)55-49(58)45-33-42(28-26-38(45)27-29-48-53-30-31-61-48)54-35-43-34-44(36-56(43)50(59)60-51(2,3)4)62-52(39-20-12-7-13-21-39,40-22-14-8-15-23-40)41-24-16-9-17-25-41/h6-26,28,30-31,33,43-44,46,54H,5,27,29,32,34-36H2,1-4H3,(H,55,58)/t43-,44-,46-/m0/s1. The number of aromatic nitrogens is 1. The van der Waals surface area contributed by atoms with Crippen LogP contribution in [0.4, 0.5) is 10.5 Å². The summed E-state index contributed by atoms with van der Waals surface area (Å²) >= 11 is 3.48. The Balaban J connectivity index is 1.16. The number of ether oxygens (including phenoxy) is 1. The number of ketones is 1. The number of thiazole rings is 1. The third kappa shape index (κ3) is 11.0. The van der Waals surface area contributed by atoms with Gasteiger partial charge in [0.25, 0.3) is 5.91 Å². The van der Waals surface area contributed by atoms with Gasteiger partial charge in [0.1, 0.15) is 5.60 Å². The first-order valence-corrected chi connectivity index (χ1v) is 23.2. The number of nitrogens with one attached hydrogen (secondary N) is 2. The van der Waals surface area contributed by atoms with Gasteiger partial charge in [-0.2, -0.15) is 0 Å². The number of anilines is 1. The number of Topliss-reactive ketones (excluding diaryl/α,β-unsaturated/α-hetero) is 1. The van der Waals surface area contributed by atoms with Crippen molar-refractivity contribution >= 4 is 46.6 Å². The van der Waals surface area contributed by atoms with Crippen molar-refractivity contribution in [3.63, 3.8) is 0 Å². The largest absolute Gasteiger partial charge is 0.444 e. The van der Waals surface area contributed by atoms with E-state index in [9.17, 15) is 14.4 Å². The fraction of sp³-hybridized carbons (Fsp3) is 0.308. The van der Waals surface area contributed by atoms with Crippen molar-refractivity contribution in [2.45, 2.75) is 87.5 Å². The number of carbonyl (C=O) groups is 3. The maximum absolute atomic E-state index is 14.2. The molecule has 2 heterocycles. The Kier molecular flexibility index (Phi) is 14.6. The third-order valence-corrected chi connectivity index (χ3v) is 13.8. The van der Waals surface area contributed by atoms with E-state index < -0.39 is 16.4 Å². The molecule has 5 aromatic carbocycles. The zero-order chi connectivity index (χ0) is 43.5. The van der Waals surface area contributed by atoms with E-state index in [2.05, 4.69) is 88.4 Å². The SMILES string of the molecule is CC[C@H](NC(=O)c1cc(NC[C@@H]2C[C@H](SC(c3ccccc3)(c3ccccc3)c3ccccc3)CN2C(=O)OC(C)(C)C)ccc1CCc1nccs1)C(=O)Cc1ccccc1. The van der Waals surface area contributed by atoms with E-state index in [-0.39, 0.29) is 35.5 Å². The van der Waals surface area contributed by atoms with Crippen molar-refractivity contribution in [1.82, 2.24) is 15.2 Å². The zero-order valence-corrected chi connectivity index (χ0v) is 37.6. The molecule has 0 saturated carbocycles. The van der Waals surface area contributed by atoms with Gasteiger partial charge in [0.15, 0.2) is 5.78 Å². The summed E-state index contributed by atoms with van der Waals surface area (Å²) in [6.07, 6.45) is 4.19. The molecule has 0 bridgehead atoms. The number of nitrogens with zero attached hydrogens (tertiary/aromatic N) is 2. The number of rotatable bonds is 17. The minimum absolute atomic E-state index is 0.0302. The Labute approximate surface area is 374 Å². The first kappa shape index (κ1) is 44.3. The average molecular weight is 865 g/mol. The van der Waals surface area contributed by atoms with Crippen molar-refractivity contribution in [3.05, 3.63) is 189 Å². The summed E-state index contributed by atoms with van der Waals surface area (Å²) in [5.74, 6) is -0.319. The molecular formula is C52H56N4O4S2. The van der Waals surface area contributed by atoms with E-state index in [1.165, 1.54) is 16.7 Å². The number of amides is 2. The second kappa shape index (κ2) is 20.4. The summed E-state index contributed by atoms with van der Waals surface area (Å²) in [6, 6.07) is 46.5. The van der Waals surface area contributed by atoms with Crippen LogP contribution in [-0.2, 0) is 33.5 Å². The highest BCUT2D eigenvalue weighted by molar-refractivity contribution is 8.01. The topological polar surface area (TPSA) is 101 Å². The number of hydrogen-bond donors (Lipinski definition) is 2. The Hall–Kier alpha value is -5.71. The molecule has 320 valence electrons. The number of carbonyl (C=O) groups excluding carboxylic acids is 3. The van der Waals surface area contributed by atoms with Crippen LogP contribution >= 0.6 is 23.1 Å².